The number of benzene rings is 4. The van der Waals surface area contributed by atoms with E-state index < -0.39 is 0 Å². The van der Waals surface area contributed by atoms with Crippen molar-refractivity contribution in [1.29, 1.82) is 0 Å². The van der Waals surface area contributed by atoms with E-state index in [4.69, 9.17) is 5.84 Å². The zero-order chi connectivity index (χ0) is 20.5. The molecule has 0 unspecified atom stereocenters. The molecule has 0 radical (unpaired) electrons. The van der Waals surface area contributed by atoms with E-state index in [1.54, 1.807) is 0 Å². The van der Waals surface area contributed by atoms with Crippen LogP contribution in [0.2, 0.25) is 0 Å². The van der Waals surface area contributed by atoms with Gasteiger partial charge in [-0.1, -0.05) is 103 Å². The molecule has 4 aromatic carbocycles. The first-order valence-electron chi connectivity index (χ1n) is 9.88. The van der Waals surface area contributed by atoms with Crippen molar-refractivity contribution in [2.24, 2.45) is 0 Å². The number of aromatic nitrogens is 1. The third kappa shape index (κ3) is 2.97. The Hall–Kier alpha value is -4.11. The third-order valence-corrected chi connectivity index (χ3v) is 5.46. The molecule has 5 rings (SSSR count). The molecule has 1 aromatic heterocycles. The molecule has 0 aliphatic carbocycles. The molecular weight excluding hydrogens is 368 g/mol. The minimum Gasteiger partial charge on any atom is -0.336 e. The SMILES string of the molecule is Nn1c(-c2ccccc2)cc(-c2ccccc2)c(-c2cccc3ccccc23)c1=O. The topological polar surface area (TPSA) is 48.0 Å². The zero-order valence-electron chi connectivity index (χ0n) is 16.3. The summed E-state index contributed by atoms with van der Waals surface area (Å²) < 4.78 is 1.26. The third-order valence-electron chi connectivity index (χ3n) is 5.46. The van der Waals surface area contributed by atoms with E-state index in [1.807, 2.05) is 97.1 Å². The Morgan fingerprint density at radius 3 is 1.93 bits per heavy atom. The van der Waals surface area contributed by atoms with Crippen LogP contribution in [0.5, 0.6) is 0 Å². The molecule has 0 atom stereocenters. The van der Waals surface area contributed by atoms with Crippen LogP contribution in [-0.2, 0) is 0 Å². The number of hydrogen-bond donors (Lipinski definition) is 1. The van der Waals surface area contributed by atoms with Gasteiger partial charge >= 0.3 is 0 Å². The summed E-state index contributed by atoms with van der Waals surface area (Å²) in [6.45, 7) is 0. The quantitative estimate of drug-likeness (QED) is 0.402. The number of fused-ring (bicyclic) bond motifs is 1. The Kier molecular flexibility index (Phi) is 4.41. The van der Waals surface area contributed by atoms with E-state index in [1.165, 1.54) is 4.68 Å². The van der Waals surface area contributed by atoms with Crippen LogP contribution >= 0.6 is 0 Å². The molecule has 5 aromatic rings. The molecule has 0 amide bonds. The standard InChI is InChI=1S/C27H20N2O/c28-29-25(21-13-5-2-6-14-21)18-24(20-10-3-1-4-11-20)26(27(29)30)23-17-9-15-19-12-7-8-16-22(19)23/h1-18H,28H2. The Balaban J connectivity index is 1.90. The predicted octanol–water partition coefficient (Wildman–Crippen LogP) is 5.72. The van der Waals surface area contributed by atoms with Gasteiger partial charge in [-0.25, -0.2) is 4.68 Å². The van der Waals surface area contributed by atoms with Crippen LogP contribution in [0.1, 0.15) is 0 Å². The molecule has 3 heteroatoms. The maximum absolute atomic E-state index is 13.6. The molecule has 0 saturated carbocycles. The molecule has 0 fully saturated rings. The highest BCUT2D eigenvalue weighted by Crippen LogP contribution is 2.35. The molecule has 1 heterocycles. The van der Waals surface area contributed by atoms with Crippen molar-refractivity contribution in [2.75, 3.05) is 5.84 Å². The Labute approximate surface area is 174 Å². The van der Waals surface area contributed by atoms with Gasteiger partial charge in [0.15, 0.2) is 0 Å². The molecule has 0 saturated heterocycles. The monoisotopic (exact) mass is 388 g/mol. The first-order chi connectivity index (χ1) is 14.7. The lowest BCUT2D eigenvalue weighted by Crippen LogP contribution is -2.30. The molecule has 0 spiro atoms. The van der Waals surface area contributed by atoms with Crippen LogP contribution in [0.3, 0.4) is 0 Å². The molecule has 3 nitrogen and oxygen atoms in total. The Morgan fingerprint density at radius 2 is 1.20 bits per heavy atom. The smallest absolute Gasteiger partial charge is 0.277 e. The van der Waals surface area contributed by atoms with Gasteiger partial charge in [0.25, 0.3) is 5.56 Å². The molecule has 2 N–H and O–H groups in total. The van der Waals surface area contributed by atoms with Crippen molar-refractivity contribution in [2.45, 2.75) is 0 Å². The molecular formula is C27H20N2O. The van der Waals surface area contributed by atoms with E-state index in [0.29, 0.717) is 11.3 Å². The van der Waals surface area contributed by atoms with Crippen molar-refractivity contribution in [3.8, 4) is 33.5 Å². The van der Waals surface area contributed by atoms with Gasteiger partial charge in [0, 0.05) is 5.56 Å². The molecule has 0 aliphatic rings. The highest BCUT2D eigenvalue weighted by Gasteiger charge is 2.19. The van der Waals surface area contributed by atoms with Gasteiger partial charge in [-0.15, -0.1) is 0 Å². The highest BCUT2D eigenvalue weighted by atomic mass is 16.1. The van der Waals surface area contributed by atoms with Crippen molar-refractivity contribution in [3.63, 3.8) is 0 Å². The van der Waals surface area contributed by atoms with Crippen LogP contribution in [-0.4, -0.2) is 4.68 Å². The highest BCUT2D eigenvalue weighted by molar-refractivity contribution is 6.00. The fourth-order valence-corrected chi connectivity index (χ4v) is 4.00. The first-order valence-corrected chi connectivity index (χ1v) is 9.88. The summed E-state index contributed by atoms with van der Waals surface area (Å²) >= 11 is 0. The number of nitrogen functional groups attached to an aromatic ring is 1. The Morgan fingerprint density at radius 1 is 0.600 bits per heavy atom. The van der Waals surface area contributed by atoms with Gasteiger partial charge in [-0.05, 0) is 33.5 Å². The van der Waals surface area contributed by atoms with Crippen molar-refractivity contribution >= 4 is 10.8 Å². The fraction of sp³-hybridized carbons (Fsp3) is 0. The average Bonchev–Trinajstić information content (AvgIpc) is 2.81. The number of pyridine rings is 1. The summed E-state index contributed by atoms with van der Waals surface area (Å²) in [5, 5.41) is 2.12. The average molecular weight is 388 g/mol. The van der Waals surface area contributed by atoms with Crippen LogP contribution < -0.4 is 11.4 Å². The molecule has 0 bridgehead atoms. The van der Waals surface area contributed by atoms with Crippen molar-refractivity contribution < 1.29 is 0 Å². The minimum atomic E-state index is -0.216. The van der Waals surface area contributed by atoms with Gasteiger partial charge in [-0.2, -0.15) is 0 Å². The summed E-state index contributed by atoms with van der Waals surface area (Å²) in [4.78, 5) is 13.6. The fourth-order valence-electron chi connectivity index (χ4n) is 4.00. The normalized spacial score (nSPS) is 10.9. The van der Waals surface area contributed by atoms with E-state index >= 15 is 0 Å². The van der Waals surface area contributed by atoms with Gasteiger partial charge in [-0.3, -0.25) is 4.79 Å². The number of nitrogens with zero attached hydrogens (tertiary/aromatic N) is 1. The first kappa shape index (κ1) is 18.0. The number of nitrogens with two attached hydrogens (primary N) is 1. The summed E-state index contributed by atoms with van der Waals surface area (Å²) in [6.07, 6.45) is 0. The number of hydrogen-bond acceptors (Lipinski definition) is 2. The van der Waals surface area contributed by atoms with Gasteiger partial charge in [0.05, 0.1) is 11.3 Å². The molecule has 0 aliphatic heterocycles. The maximum Gasteiger partial charge on any atom is 0.277 e. The summed E-state index contributed by atoms with van der Waals surface area (Å²) in [7, 11) is 0. The minimum absolute atomic E-state index is 0.216. The van der Waals surface area contributed by atoms with Crippen LogP contribution in [0.25, 0.3) is 44.3 Å². The van der Waals surface area contributed by atoms with Gasteiger partial charge < -0.3 is 5.84 Å². The second-order valence-electron chi connectivity index (χ2n) is 7.25. The van der Waals surface area contributed by atoms with Crippen LogP contribution in [0.15, 0.2) is 114 Å². The van der Waals surface area contributed by atoms with E-state index in [0.717, 1.165) is 33.0 Å². The van der Waals surface area contributed by atoms with E-state index in [9.17, 15) is 4.79 Å². The lowest BCUT2D eigenvalue weighted by molar-refractivity contribution is 0.951. The Bertz CT molecular complexity index is 1400. The second kappa shape index (κ2) is 7.37. The van der Waals surface area contributed by atoms with Crippen molar-refractivity contribution in [3.05, 3.63) is 120 Å². The van der Waals surface area contributed by atoms with Crippen molar-refractivity contribution in [1.82, 2.24) is 4.68 Å². The molecule has 30 heavy (non-hydrogen) atoms. The lowest BCUT2D eigenvalue weighted by Gasteiger charge is -2.17. The summed E-state index contributed by atoms with van der Waals surface area (Å²) in [6, 6.07) is 35.9. The lowest BCUT2D eigenvalue weighted by atomic mass is 9.91. The van der Waals surface area contributed by atoms with E-state index in [-0.39, 0.29) is 5.56 Å². The largest absolute Gasteiger partial charge is 0.336 e. The maximum atomic E-state index is 13.6. The summed E-state index contributed by atoms with van der Waals surface area (Å²) in [5.74, 6) is 6.35. The predicted molar refractivity (Wildman–Crippen MR) is 125 cm³/mol. The number of rotatable bonds is 3. The van der Waals surface area contributed by atoms with Gasteiger partial charge in [0.1, 0.15) is 0 Å². The zero-order valence-corrected chi connectivity index (χ0v) is 16.3. The summed E-state index contributed by atoms with van der Waals surface area (Å²) in [5.41, 5.74) is 4.72. The van der Waals surface area contributed by atoms with Crippen LogP contribution in [0.4, 0.5) is 0 Å². The van der Waals surface area contributed by atoms with Crippen LogP contribution in [0, 0.1) is 0 Å². The van der Waals surface area contributed by atoms with E-state index in [2.05, 4.69) is 12.1 Å². The van der Waals surface area contributed by atoms with Gasteiger partial charge in [0.2, 0.25) is 0 Å². The molecule has 144 valence electrons. The second-order valence-corrected chi connectivity index (χ2v) is 7.25.